The number of thioether (sulfide) groups is 1. The molecule has 0 fully saturated rings. The Kier molecular flexibility index (Phi) is 6.51. The Morgan fingerprint density at radius 2 is 2.00 bits per heavy atom. The number of benzene rings is 1. The summed E-state index contributed by atoms with van der Waals surface area (Å²) in [7, 11) is 0. The number of esters is 1. The number of carbonyl (C=O) groups excluding carboxylic acids is 1. The second-order valence-corrected chi connectivity index (χ2v) is 7.79. The molecule has 0 aliphatic carbocycles. The first-order valence-corrected chi connectivity index (χ1v) is 10.8. The lowest BCUT2D eigenvalue weighted by atomic mass is 10.1. The van der Waals surface area contributed by atoms with Gasteiger partial charge in [0.15, 0.2) is 5.16 Å². The van der Waals surface area contributed by atoms with Crippen LogP contribution in [0.5, 0.6) is 0 Å². The van der Waals surface area contributed by atoms with Crippen molar-refractivity contribution < 1.29 is 18.4 Å². The average Bonchev–Trinajstić information content (AvgIpc) is 3.51. The Balaban J connectivity index is 1.49. The van der Waals surface area contributed by atoms with Gasteiger partial charge in [-0.05, 0) is 38.1 Å². The SMILES string of the molecule is CCOC(=O)Cc1nnc(SCc2coc(-c3ccc(C)cc3)n2)n1Cc1ccco1. The van der Waals surface area contributed by atoms with Gasteiger partial charge in [0.1, 0.15) is 24.3 Å². The van der Waals surface area contributed by atoms with Crippen LogP contribution in [0.25, 0.3) is 11.5 Å². The molecule has 4 rings (SSSR count). The lowest BCUT2D eigenvalue weighted by Crippen LogP contribution is -2.13. The molecule has 0 unspecified atom stereocenters. The van der Waals surface area contributed by atoms with Crippen LogP contribution in [-0.2, 0) is 28.2 Å². The van der Waals surface area contributed by atoms with Crippen LogP contribution in [0.2, 0.25) is 0 Å². The van der Waals surface area contributed by atoms with E-state index in [0.717, 1.165) is 17.0 Å². The Hall–Kier alpha value is -3.33. The van der Waals surface area contributed by atoms with Gasteiger partial charge in [0.05, 0.1) is 25.1 Å². The number of aromatic nitrogens is 4. The first-order chi connectivity index (χ1) is 15.1. The highest BCUT2D eigenvalue weighted by atomic mass is 32.2. The zero-order valence-electron chi connectivity index (χ0n) is 17.3. The standard InChI is InChI=1S/C22H22N4O4S/c1-3-28-20(27)11-19-24-25-22(26(19)12-18-5-4-10-29-18)31-14-17-13-30-21(23-17)16-8-6-15(2)7-9-16/h4-10,13H,3,11-12,14H2,1-2H3. The van der Waals surface area contributed by atoms with Crippen LogP contribution in [0.4, 0.5) is 0 Å². The monoisotopic (exact) mass is 438 g/mol. The van der Waals surface area contributed by atoms with E-state index >= 15 is 0 Å². The molecule has 0 aliphatic heterocycles. The fraction of sp³-hybridized carbons (Fsp3) is 0.273. The molecule has 0 saturated carbocycles. The predicted octanol–water partition coefficient (Wildman–Crippen LogP) is 4.28. The van der Waals surface area contributed by atoms with Crippen molar-refractivity contribution in [3.63, 3.8) is 0 Å². The van der Waals surface area contributed by atoms with Gasteiger partial charge in [0.25, 0.3) is 0 Å². The van der Waals surface area contributed by atoms with Gasteiger partial charge in [-0.25, -0.2) is 4.98 Å². The van der Waals surface area contributed by atoms with Crippen LogP contribution >= 0.6 is 11.8 Å². The molecule has 1 aromatic carbocycles. The summed E-state index contributed by atoms with van der Waals surface area (Å²) in [5.41, 5.74) is 2.90. The normalized spacial score (nSPS) is 11.0. The third kappa shape index (κ3) is 5.24. The Morgan fingerprint density at radius 1 is 1.16 bits per heavy atom. The van der Waals surface area contributed by atoms with Crippen molar-refractivity contribution in [2.45, 2.75) is 37.7 Å². The van der Waals surface area contributed by atoms with E-state index in [-0.39, 0.29) is 12.4 Å². The van der Waals surface area contributed by atoms with Gasteiger partial charge in [0, 0.05) is 11.3 Å². The number of hydrogen-bond donors (Lipinski definition) is 0. The van der Waals surface area contributed by atoms with Crippen LogP contribution < -0.4 is 0 Å². The summed E-state index contributed by atoms with van der Waals surface area (Å²) >= 11 is 1.47. The first kappa shape index (κ1) is 20.9. The van der Waals surface area contributed by atoms with Gasteiger partial charge in [0.2, 0.25) is 5.89 Å². The third-order valence-corrected chi connectivity index (χ3v) is 5.50. The number of furan rings is 1. The van der Waals surface area contributed by atoms with Crippen molar-refractivity contribution in [3.05, 3.63) is 71.8 Å². The molecule has 4 aromatic rings. The molecule has 0 aliphatic rings. The van der Waals surface area contributed by atoms with E-state index in [1.807, 2.05) is 47.9 Å². The smallest absolute Gasteiger partial charge is 0.313 e. The number of rotatable bonds is 9. The van der Waals surface area contributed by atoms with E-state index in [1.54, 1.807) is 19.5 Å². The number of hydrogen-bond acceptors (Lipinski definition) is 8. The molecule has 3 aromatic heterocycles. The van der Waals surface area contributed by atoms with Gasteiger partial charge in [-0.3, -0.25) is 9.36 Å². The van der Waals surface area contributed by atoms with E-state index in [2.05, 4.69) is 15.2 Å². The largest absolute Gasteiger partial charge is 0.467 e. The van der Waals surface area contributed by atoms with Crippen LogP contribution in [0.3, 0.4) is 0 Å². The quantitative estimate of drug-likeness (QED) is 0.282. The number of oxazole rings is 1. The van der Waals surface area contributed by atoms with Crippen molar-refractivity contribution in [1.82, 2.24) is 19.7 Å². The lowest BCUT2D eigenvalue weighted by molar-refractivity contribution is -0.142. The molecule has 0 radical (unpaired) electrons. The maximum Gasteiger partial charge on any atom is 0.313 e. The molecule has 0 saturated heterocycles. The molecule has 0 spiro atoms. The van der Waals surface area contributed by atoms with Crippen molar-refractivity contribution in [2.24, 2.45) is 0 Å². The fourth-order valence-corrected chi connectivity index (χ4v) is 3.79. The van der Waals surface area contributed by atoms with E-state index in [9.17, 15) is 4.79 Å². The molecule has 0 bridgehead atoms. The second kappa shape index (κ2) is 9.65. The van der Waals surface area contributed by atoms with Gasteiger partial charge >= 0.3 is 5.97 Å². The molecule has 3 heterocycles. The maximum atomic E-state index is 12.0. The highest BCUT2D eigenvalue weighted by molar-refractivity contribution is 7.98. The van der Waals surface area contributed by atoms with Gasteiger partial charge in [-0.15, -0.1) is 10.2 Å². The Labute approximate surface area is 183 Å². The molecular formula is C22H22N4O4S. The predicted molar refractivity (Wildman–Crippen MR) is 114 cm³/mol. The summed E-state index contributed by atoms with van der Waals surface area (Å²) < 4.78 is 18.0. The van der Waals surface area contributed by atoms with Crippen molar-refractivity contribution in [2.75, 3.05) is 6.61 Å². The average molecular weight is 439 g/mol. The van der Waals surface area contributed by atoms with Crippen LogP contribution in [-0.4, -0.2) is 32.3 Å². The Morgan fingerprint density at radius 3 is 2.74 bits per heavy atom. The van der Waals surface area contributed by atoms with Gasteiger partial charge < -0.3 is 13.6 Å². The van der Waals surface area contributed by atoms with E-state index in [0.29, 0.717) is 35.8 Å². The Bertz CT molecular complexity index is 1130. The minimum atomic E-state index is -0.341. The number of nitrogens with zero attached hydrogens (tertiary/aromatic N) is 4. The molecule has 9 heteroatoms. The van der Waals surface area contributed by atoms with E-state index < -0.39 is 0 Å². The summed E-state index contributed by atoms with van der Waals surface area (Å²) in [5, 5.41) is 9.13. The number of carbonyl (C=O) groups is 1. The highest BCUT2D eigenvalue weighted by Crippen LogP contribution is 2.25. The van der Waals surface area contributed by atoms with E-state index in [1.165, 1.54) is 17.3 Å². The zero-order valence-corrected chi connectivity index (χ0v) is 18.1. The number of aryl methyl sites for hydroxylation is 1. The fourth-order valence-electron chi connectivity index (χ4n) is 2.96. The van der Waals surface area contributed by atoms with Crippen LogP contribution in [0.15, 0.2) is 62.9 Å². The van der Waals surface area contributed by atoms with Crippen molar-refractivity contribution >= 4 is 17.7 Å². The molecule has 0 atom stereocenters. The minimum absolute atomic E-state index is 0.0453. The molecule has 8 nitrogen and oxygen atoms in total. The van der Waals surface area contributed by atoms with Crippen LogP contribution in [0, 0.1) is 6.92 Å². The highest BCUT2D eigenvalue weighted by Gasteiger charge is 2.18. The minimum Gasteiger partial charge on any atom is -0.467 e. The maximum absolute atomic E-state index is 12.0. The zero-order chi connectivity index (χ0) is 21.6. The molecule has 160 valence electrons. The van der Waals surface area contributed by atoms with Crippen molar-refractivity contribution in [3.8, 4) is 11.5 Å². The summed E-state index contributed by atoms with van der Waals surface area (Å²) in [5.74, 6) is 2.06. The summed E-state index contributed by atoms with van der Waals surface area (Å²) in [4.78, 5) is 16.5. The van der Waals surface area contributed by atoms with Crippen molar-refractivity contribution in [1.29, 1.82) is 0 Å². The summed E-state index contributed by atoms with van der Waals surface area (Å²) in [6, 6.07) is 11.7. The molecule has 0 N–H and O–H groups in total. The van der Waals surface area contributed by atoms with E-state index in [4.69, 9.17) is 13.6 Å². The first-order valence-electron chi connectivity index (χ1n) is 9.86. The molecule has 0 amide bonds. The number of ether oxygens (including phenoxy) is 1. The molecule has 31 heavy (non-hydrogen) atoms. The summed E-state index contributed by atoms with van der Waals surface area (Å²) in [6.07, 6.45) is 3.30. The van der Waals surface area contributed by atoms with Gasteiger partial charge in [-0.1, -0.05) is 29.5 Å². The lowest BCUT2D eigenvalue weighted by Gasteiger charge is -2.08. The summed E-state index contributed by atoms with van der Waals surface area (Å²) in [6.45, 7) is 4.55. The van der Waals surface area contributed by atoms with Gasteiger partial charge in [-0.2, -0.15) is 0 Å². The van der Waals surface area contributed by atoms with Crippen LogP contribution in [0.1, 0.15) is 29.8 Å². The third-order valence-electron chi connectivity index (χ3n) is 4.49. The second-order valence-electron chi connectivity index (χ2n) is 6.84. The topological polar surface area (TPSA) is 96.2 Å². The molecular weight excluding hydrogens is 416 g/mol.